The van der Waals surface area contributed by atoms with Gasteiger partial charge in [0.15, 0.2) is 11.0 Å². The molecule has 3 heterocycles. The summed E-state index contributed by atoms with van der Waals surface area (Å²) in [4.78, 5) is 26.5. The van der Waals surface area contributed by atoms with Gasteiger partial charge in [-0.15, -0.1) is 0 Å². The van der Waals surface area contributed by atoms with E-state index in [0.717, 1.165) is 55.8 Å². The zero-order valence-corrected chi connectivity index (χ0v) is 21.5. The number of nitrogens with zero attached hydrogens (tertiary/aromatic N) is 3. The molecule has 3 aliphatic rings. The molecule has 2 aromatic carbocycles. The molecule has 0 bridgehead atoms. The van der Waals surface area contributed by atoms with E-state index in [2.05, 4.69) is 18.7 Å². The third-order valence-corrected chi connectivity index (χ3v) is 8.11. The second-order valence-corrected chi connectivity index (χ2v) is 11.2. The number of amidine groups is 1. The van der Waals surface area contributed by atoms with Crippen molar-refractivity contribution in [2.75, 3.05) is 19.1 Å². The molecule has 1 atom stereocenters. The molecule has 1 aromatic heterocycles. The van der Waals surface area contributed by atoms with Gasteiger partial charge in [-0.2, -0.15) is 0 Å². The van der Waals surface area contributed by atoms with Crippen molar-refractivity contribution in [2.24, 2.45) is 10.4 Å². The minimum absolute atomic E-state index is 0.109. The van der Waals surface area contributed by atoms with Crippen molar-refractivity contribution in [1.29, 1.82) is 0 Å². The molecule has 0 saturated heterocycles. The molecule has 2 aliphatic heterocycles. The van der Waals surface area contributed by atoms with Gasteiger partial charge in [0.25, 0.3) is 0 Å². The highest BCUT2D eigenvalue weighted by Crippen LogP contribution is 2.54. The van der Waals surface area contributed by atoms with Crippen LogP contribution in [0.1, 0.15) is 38.3 Å². The maximum Gasteiger partial charge on any atom is 0.174 e. The first kappa shape index (κ1) is 22.4. The van der Waals surface area contributed by atoms with E-state index in [4.69, 9.17) is 31.1 Å². The number of halogens is 1. The molecule has 6 nitrogen and oxygen atoms in total. The van der Waals surface area contributed by atoms with Gasteiger partial charge in [-0.05, 0) is 66.1 Å². The van der Waals surface area contributed by atoms with E-state index in [1.54, 1.807) is 26.0 Å². The highest BCUT2D eigenvalue weighted by Gasteiger charge is 2.46. The van der Waals surface area contributed by atoms with Gasteiger partial charge in [0.05, 0.1) is 37.2 Å². The van der Waals surface area contributed by atoms with Gasteiger partial charge in [-0.1, -0.05) is 25.4 Å². The van der Waals surface area contributed by atoms with E-state index in [-0.39, 0.29) is 11.2 Å². The Labute approximate surface area is 213 Å². The monoisotopic (exact) mass is 505 g/mol. The fraction of sp³-hybridized carbons (Fsp3) is 0.296. The zero-order chi connectivity index (χ0) is 24.5. The number of thioether (sulfide) groups is 1. The third kappa shape index (κ3) is 3.60. The molecule has 8 heteroatoms. The molecule has 1 aliphatic carbocycles. The quantitative estimate of drug-likeness (QED) is 0.375. The summed E-state index contributed by atoms with van der Waals surface area (Å²) in [5.41, 5.74) is 3.94. The molecule has 0 saturated carbocycles. The number of fused-ring (bicyclic) bond motifs is 4. The van der Waals surface area contributed by atoms with Crippen LogP contribution in [0.4, 0.5) is 5.69 Å². The maximum atomic E-state index is 13.6. The summed E-state index contributed by atoms with van der Waals surface area (Å²) < 4.78 is 10.9. The number of hydrogen-bond donors (Lipinski definition) is 0. The van der Waals surface area contributed by atoms with E-state index in [1.807, 2.05) is 42.5 Å². The number of methoxy groups -OCH3 is 2. The lowest BCUT2D eigenvalue weighted by atomic mass is 9.73. The van der Waals surface area contributed by atoms with Crippen LogP contribution in [0.3, 0.4) is 0 Å². The van der Waals surface area contributed by atoms with Crippen molar-refractivity contribution in [3.63, 3.8) is 0 Å². The molecule has 178 valence electrons. The second kappa shape index (κ2) is 8.00. The van der Waals surface area contributed by atoms with Crippen LogP contribution >= 0.6 is 23.4 Å². The largest absolute Gasteiger partial charge is 0.497 e. The van der Waals surface area contributed by atoms with Gasteiger partial charge < -0.3 is 14.4 Å². The average Bonchev–Trinajstić information content (AvgIpc) is 3.18. The Morgan fingerprint density at radius 3 is 2.57 bits per heavy atom. The van der Waals surface area contributed by atoms with E-state index >= 15 is 0 Å². The fourth-order valence-electron chi connectivity index (χ4n) is 5.20. The van der Waals surface area contributed by atoms with Crippen LogP contribution in [0, 0.1) is 5.41 Å². The number of aromatic nitrogens is 1. The van der Waals surface area contributed by atoms with Crippen LogP contribution in [0.25, 0.3) is 10.9 Å². The van der Waals surface area contributed by atoms with Gasteiger partial charge in [-0.25, -0.2) is 9.98 Å². The van der Waals surface area contributed by atoms with Crippen LogP contribution in [0.5, 0.6) is 11.5 Å². The molecule has 0 radical (unpaired) electrons. The van der Waals surface area contributed by atoms with Crippen LogP contribution in [-0.4, -0.2) is 30.2 Å². The Bertz CT molecular complexity index is 1480. The summed E-state index contributed by atoms with van der Waals surface area (Å²) >= 11 is 8.43. The van der Waals surface area contributed by atoms with Gasteiger partial charge in [0.1, 0.15) is 16.7 Å². The molecule has 1 unspecified atom stereocenters. The second-order valence-electron chi connectivity index (χ2n) is 9.83. The summed E-state index contributed by atoms with van der Waals surface area (Å²) in [5, 5.41) is 2.12. The predicted molar refractivity (Wildman–Crippen MR) is 140 cm³/mol. The Hall–Kier alpha value is -3.03. The van der Waals surface area contributed by atoms with Crippen molar-refractivity contribution >= 4 is 50.9 Å². The summed E-state index contributed by atoms with van der Waals surface area (Å²) in [7, 11) is 3.30. The van der Waals surface area contributed by atoms with Crippen molar-refractivity contribution in [3.8, 4) is 11.5 Å². The highest BCUT2D eigenvalue weighted by atomic mass is 35.5. The summed E-state index contributed by atoms with van der Waals surface area (Å²) in [5.74, 6) is 1.63. The Morgan fingerprint density at radius 1 is 1.06 bits per heavy atom. The highest BCUT2D eigenvalue weighted by molar-refractivity contribution is 8.14. The summed E-state index contributed by atoms with van der Waals surface area (Å²) in [6.07, 6.45) is 1.20. The molecular weight excluding hydrogens is 482 g/mol. The molecule has 0 fully saturated rings. The number of rotatable bonds is 3. The minimum atomic E-state index is -0.418. The third-order valence-electron chi connectivity index (χ3n) is 6.79. The first-order valence-corrected chi connectivity index (χ1v) is 12.6. The Balaban J connectivity index is 1.59. The number of carbonyl (C=O) groups excluding carboxylic acids is 1. The first-order valence-electron chi connectivity index (χ1n) is 11.4. The minimum Gasteiger partial charge on any atom is -0.497 e. The Kier molecular flexibility index (Phi) is 5.13. The molecular formula is C27H24ClN3O3S. The molecule has 0 spiro atoms. The van der Waals surface area contributed by atoms with Crippen molar-refractivity contribution < 1.29 is 14.3 Å². The van der Waals surface area contributed by atoms with E-state index in [0.29, 0.717) is 17.1 Å². The zero-order valence-electron chi connectivity index (χ0n) is 19.9. The maximum absolute atomic E-state index is 13.6. The number of hydrogen-bond acceptors (Lipinski definition) is 7. The van der Waals surface area contributed by atoms with Gasteiger partial charge in [-0.3, -0.25) is 4.79 Å². The molecule has 3 aromatic rings. The number of allylic oxidation sites excluding steroid dienone is 1. The summed E-state index contributed by atoms with van der Waals surface area (Å²) in [6, 6.07) is 13.3. The van der Waals surface area contributed by atoms with Crippen LogP contribution in [-0.2, 0) is 4.79 Å². The number of Topliss-reactive ketones (excluding diaryl/α,β-unsaturated/α-hetero) is 1. The predicted octanol–water partition coefficient (Wildman–Crippen LogP) is 6.57. The lowest BCUT2D eigenvalue weighted by molar-refractivity contribution is -0.118. The number of carbonyl (C=O) groups is 1. The normalized spacial score (nSPS) is 20.4. The van der Waals surface area contributed by atoms with E-state index in [1.165, 1.54) is 0 Å². The van der Waals surface area contributed by atoms with Gasteiger partial charge >= 0.3 is 0 Å². The van der Waals surface area contributed by atoms with E-state index in [9.17, 15) is 4.79 Å². The van der Waals surface area contributed by atoms with Gasteiger partial charge in [0, 0.05) is 27.8 Å². The number of aliphatic imine (C=N–C) groups is 1. The fourth-order valence-corrected chi connectivity index (χ4v) is 6.55. The number of pyridine rings is 1. The molecule has 0 amide bonds. The van der Waals surface area contributed by atoms with Gasteiger partial charge in [0.2, 0.25) is 0 Å². The lowest BCUT2D eigenvalue weighted by Gasteiger charge is -2.40. The topological polar surface area (TPSA) is 64.0 Å². The first-order chi connectivity index (χ1) is 16.8. The standard InChI is InChI=1S/C27H24ClN3O3S/c1-27(2)12-19-23(21(32)13-27)24(17-10-14-9-15(33-3)5-7-18(14)29-25(17)28)31-20-8-6-16(34-4)11-22(20)35-26(31)30-19/h5-11,24H,12-13H2,1-4H3. The van der Waals surface area contributed by atoms with Crippen molar-refractivity contribution in [3.05, 3.63) is 64.5 Å². The molecule has 0 N–H and O–H groups in total. The smallest absolute Gasteiger partial charge is 0.174 e. The Morgan fingerprint density at radius 2 is 1.80 bits per heavy atom. The lowest BCUT2D eigenvalue weighted by Crippen LogP contribution is -2.40. The molecule has 6 rings (SSSR count). The average molecular weight is 506 g/mol. The van der Waals surface area contributed by atoms with Crippen LogP contribution in [0.15, 0.2) is 63.6 Å². The SMILES string of the molecule is COc1ccc2c(c1)SC1=NC3=C(C(=O)CC(C)(C)C3)C(c3cc4cc(OC)ccc4nc3Cl)N12. The van der Waals surface area contributed by atoms with Crippen LogP contribution in [0.2, 0.25) is 5.15 Å². The van der Waals surface area contributed by atoms with E-state index < -0.39 is 6.04 Å². The number of ketones is 1. The number of benzene rings is 2. The van der Waals surface area contributed by atoms with Crippen molar-refractivity contribution in [2.45, 2.75) is 37.6 Å². The van der Waals surface area contributed by atoms with Crippen LogP contribution < -0.4 is 14.4 Å². The number of anilines is 1. The number of ether oxygens (including phenoxy) is 2. The molecule has 35 heavy (non-hydrogen) atoms. The summed E-state index contributed by atoms with van der Waals surface area (Å²) in [6.45, 7) is 4.24. The van der Waals surface area contributed by atoms with Crippen molar-refractivity contribution in [1.82, 2.24) is 4.98 Å².